The monoisotopic (exact) mass is 312 g/mol. The fraction of sp³-hybridized carbons (Fsp3) is 0.294. The number of carbonyl (C=O) groups excluding carboxylic acids is 1. The molecule has 0 saturated carbocycles. The third-order valence-electron chi connectivity index (χ3n) is 4.69. The molecule has 0 radical (unpaired) electrons. The number of aromatic nitrogens is 1. The smallest absolute Gasteiger partial charge is 0.250 e. The average Bonchev–Trinajstić information content (AvgIpc) is 2.57. The summed E-state index contributed by atoms with van der Waals surface area (Å²) in [4.78, 5) is 18.3. The van der Waals surface area contributed by atoms with Gasteiger partial charge < -0.3 is 15.5 Å². The van der Waals surface area contributed by atoms with Crippen molar-refractivity contribution in [3.63, 3.8) is 0 Å². The number of hydrogen-bond acceptors (Lipinski definition) is 4. The average molecular weight is 312 g/mol. The van der Waals surface area contributed by atoms with E-state index in [1.54, 1.807) is 12.3 Å². The van der Waals surface area contributed by atoms with Crippen molar-refractivity contribution in [2.75, 3.05) is 28.6 Å². The van der Waals surface area contributed by atoms with E-state index in [1.807, 2.05) is 29.2 Å². The van der Waals surface area contributed by atoms with Crippen molar-refractivity contribution in [1.82, 2.24) is 4.98 Å². The molecule has 0 atom stereocenters. The van der Waals surface area contributed by atoms with Gasteiger partial charge in [-0.05, 0) is 31.0 Å². The highest BCUT2D eigenvalue weighted by Gasteiger charge is 2.44. The first-order chi connectivity index (χ1) is 11.2. The zero-order valence-corrected chi connectivity index (χ0v) is 12.6. The van der Waals surface area contributed by atoms with Crippen LogP contribution >= 0.6 is 0 Å². The van der Waals surface area contributed by atoms with Crippen molar-refractivity contribution in [2.24, 2.45) is 0 Å². The quantitative estimate of drug-likeness (QED) is 0.850. The lowest BCUT2D eigenvalue weighted by molar-refractivity contribution is -0.121. The van der Waals surface area contributed by atoms with E-state index in [2.05, 4.69) is 15.6 Å². The van der Waals surface area contributed by atoms with Gasteiger partial charge in [-0.1, -0.05) is 12.1 Å². The molecule has 2 aromatic rings. The van der Waals surface area contributed by atoms with Gasteiger partial charge in [-0.2, -0.15) is 0 Å². The Balaban J connectivity index is 1.55. The van der Waals surface area contributed by atoms with Crippen molar-refractivity contribution in [2.45, 2.75) is 18.4 Å². The topological polar surface area (TPSA) is 57.3 Å². The molecule has 1 fully saturated rings. The molecule has 2 N–H and O–H groups in total. The number of nitrogens with zero attached hydrogens (tertiary/aromatic N) is 2. The number of benzene rings is 1. The summed E-state index contributed by atoms with van der Waals surface area (Å²) in [6, 6.07) is 9.36. The Hall–Kier alpha value is -2.63. The predicted molar refractivity (Wildman–Crippen MR) is 87.1 cm³/mol. The minimum atomic E-state index is -0.617. The van der Waals surface area contributed by atoms with Crippen molar-refractivity contribution >= 4 is 23.0 Å². The van der Waals surface area contributed by atoms with Crippen molar-refractivity contribution in [3.05, 3.63) is 48.5 Å². The minimum Gasteiger partial charge on any atom is -0.369 e. The van der Waals surface area contributed by atoms with Gasteiger partial charge in [0.2, 0.25) is 5.91 Å². The van der Waals surface area contributed by atoms with Crippen LogP contribution in [0.15, 0.2) is 42.7 Å². The van der Waals surface area contributed by atoms with E-state index in [1.165, 1.54) is 6.20 Å². The number of nitrogens with one attached hydrogen (secondary N) is 2. The van der Waals surface area contributed by atoms with E-state index in [0.29, 0.717) is 31.6 Å². The number of rotatable bonds is 1. The summed E-state index contributed by atoms with van der Waals surface area (Å²) >= 11 is 0. The normalized spacial score (nSPS) is 19.0. The summed E-state index contributed by atoms with van der Waals surface area (Å²) in [6.45, 7) is 1.23. The second-order valence-corrected chi connectivity index (χ2v) is 6.02. The first-order valence-corrected chi connectivity index (χ1v) is 7.71. The van der Waals surface area contributed by atoms with E-state index < -0.39 is 5.54 Å². The molecule has 5 nitrogen and oxygen atoms in total. The summed E-state index contributed by atoms with van der Waals surface area (Å²) in [6.07, 6.45) is 4.05. The molecule has 1 spiro atoms. The van der Waals surface area contributed by atoms with Gasteiger partial charge in [0.05, 0.1) is 23.3 Å². The van der Waals surface area contributed by atoms with E-state index in [0.717, 1.165) is 11.4 Å². The molecule has 1 aromatic carbocycles. The number of halogens is 1. The van der Waals surface area contributed by atoms with Crippen molar-refractivity contribution < 1.29 is 9.18 Å². The number of amides is 1. The van der Waals surface area contributed by atoms with E-state index >= 15 is 0 Å². The third kappa shape index (κ3) is 2.30. The van der Waals surface area contributed by atoms with E-state index in [4.69, 9.17) is 0 Å². The fourth-order valence-electron chi connectivity index (χ4n) is 3.36. The lowest BCUT2D eigenvalue weighted by Crippen LogP contribution is -2.58. The first kappa shape index (κ1) is 14.0. The SMILES string of the molecule is O=C1Nc2ccccc2NC12CCN(c1ccncc1F)CC2. The van der Waals surface area contributed by atoms with Crippen LogP contribution in [-0.4, -0.2) is 29.5 Å². The van der Waals surface area contributed by atoms with Crippen LogP contribution in [0.25, 0.3) is 0 Å². The van der Waals surface area contributed by atoms with Crippen molar-refractivity contribution in [3.8, 4) is 0 Å². The number of anilines is 3. The maximum atomic E-state index is 13.9. The van der Waals surface area contributed by atoms with Gasteiger partial charge in [-0.15, -0.1) is 0 Å². The number of hydrogen-bond donors (Lipinski definition) is 2. The van der Waals surface area contributed by atoms with Crippen LogP contribution in [0.3, 0.4) is 0 Å². The largest absolute Gasteiger partial charge is 0.369 e. The van der Waals surface area contributed by atoms with Crippen LogP contribution in [0.1, 0.15) is 12.8 Å². The first-order valence-electron chi connectivity index (χ1n) is 7.71. The Kier molecular flexibility index (Phi) is 3.18. The molecule has 1 amide bonds. The third-order valence-corrected chi connectivity index (χ3v) is 4.69. The fourth-order valence-corrected chi connectivity index (χ4v) is 3.36. The highest BCUT2D eigenvalue weighted by atomic mass is 19.1. The highest BCUT2D eigenvalue weighted by molar-refractivity contribution is 6.06. The van der Waals surface area contributed by atoms with Crippen molar-refractivity contribution in [1.29, 1.82) is 0 Å². The molecule has 0 unspecified atom stereocenters. The van der Waals surface area contributed by atoms with Gasteiger partial charge >= 0.3 is 0 Å². The van der Waals surface area contributed by atoms with Gasteiger partial charge in [0.15, 0.2) is 5.82 Å². The Morgan fingerprint density at radius 1 is 1.13 bits per heavy atom. The summed E-state index contributed by atoms with van der Waals surface area (Å²) in [7, 11) is 0. The molecule has 1 aromatic heterocycles. The van der Waals surface area contributed by atoms with Crippen LogP contribution in [0.5, 0.6) is 0 Å². The number of pyridine rings is 1. The summed E-state index contributed by atoms with van der Waals surface area (Å²) < 4.78 is 13.9. The molecule has 0 bridgehead atoms. The molecular weight excluding hydrogens is 295 g/mol. The zero-order chi connectivity index (χ0) is 15.9. The summed E-state index contributed by atoms with van der Waals surface area (Å²) in [5, 5.41) is 6.39. The number of para-hydroxylation sites is 2. The number of fused-ring (bicyclic) bond motifs is 1. The van der Waals surface area contributed by atoms with Gasteiger partial charge in [0.1, 0.15) is 5.54 Å². The molecule has 2 aliphatic rings. The Bertz CT molecular complexity index is 756. The molecule has 6 heteroatoms. The summed E-state index contributed by atoms with van der Waals surface area (Å²) in [5.41, 5.74) is 1.68. The maximum Gasteiger partial charge on any atom is 0.250 e. The predicted octanol–water partition coefficient (Wildman–Crippen LogP) is 2.62. The Morgan fingerprint density at radius 2 is 1.87 bits per heavy atom. The Labute approximate surface area is 133 Å². The molecule has 118 valence electrons. The van der Waals surface area contributed by atoms with E-state index in [-0.39, 0.29) is 11.7 Å². The molecule has 1 saturated heterocycles. The Morgan fingerprint density at radius 3 is 2.61 bits per heavy atom. The van der Waals surface area contributed by atoms with Gasteiger partial charge in [-0.25, -0.2) is 4.39 Å². The second kappa shape index (κ2) is 5.22. The molecule has 4 rings (SSSR count). The second-order valence-electron chi connectivity index (χ2n) is 6.02. The molecule has 2 aliphatic heterocycles. The van der Waals surface area contributed by atoms with Gasteiger partial charge in [-0.3, -0.25) is 9.78 Å². The lowest BCUT2D eigenvalue weighted by Gasteiger charge is -2.45. The number of carbonyl (C=O) groups is 1. The van der Waals surface area contributed by atoms with E-state index in [9.17, 15) is 9.18 Å². The van der Waals surface area contributed by atoms with Crippen LogP contribution in [0.4, 0.5) is 21.5 Å². The molecular formula is C17H17FN4O. The summed E-state index contributed by atoms with van der Waals surface area (Å²) in [5.74, 6) is -0.332. The van der Waals surface area contributed by atoms with Gasteiger partial charge in [0.25, 0.3) is 0 Å². The number of piperidine rings is 1. The molecule has 3 heterocycles. The molecule has 23 heavy (non-hydrogen) atoms. The maximum absolute atomic E-state index is 13.9. The standard InChI is InChI=1S/C17H17FN4O/c18-12-11-19-8-5-15(12)22-9-6-17(7-10-22)16(23)20-13-3-1-2-4-14(13)21-17/h1-5,8,11,21H,6-7,9-10H2,(H,20,23). The van der Waals surface area contributed by atoms with Crippen LogP contribution in [-0.2, 0) is 4.79 Å². The molecule has 0 aliphatic carbocycles. The lowest BCUT2D eigenvalue weighted by atomic mass is 9.84. The van der Waals surface area contributed by atoms with Gasteiger partial charge in [0, 0.05) is 19.3 Å². The van der Waals surface area contributed by atoms with Crippen LogP contribution in [0.2, 0.25) is 0 Å². The van der Waals surface area contributed by atoms with Crippen LogP contribution < -0.4 is 15.5 Å². The highest BCUT2D eigenvalue weighted by Crippen LogP contribution is 2.37. The minimum absolute atomic E-state index is 0.00829. The van der Waals surface area contributed by atoms with Crippen LogP contribution in [0, 0.1) is 5.82 Å². The zero-order valence-electron chi connectivity index (χ0n) is 12.6.